The molecule has 1 unspecified atom stereocenters. The quantitative estimate of drug-likeness (QED) is 0.830. The van der Waals surface area contributed by atoms with Gasteiger partial charge in [0.2, 0.25) is 0 Å². The van der Waals surface area contributed by atoms with Crippen molar-refractivity contribution in [2.75, 3.05) is 19.0 Å². The summed E-state index contributed by atoms with van der Waals surface area (Å²) in [6.45, 7) is 7.29. The molecule has 3 heteroatoms. The summed E-state index contributed by atoms with van der Waals surface area (Å²) in [4.78, 5) is 0. The van der Waals surface area contributed by atoms with Crippen LogP contribution in [0.4, 0.5) is 5.69 Å². The van der Waals surface area contributed by atoms with Crippen LogP contribution in [0.5, 0.6) is 0 Å². The summed E-state index contributed by atoms with van der Waals surface area (Å²) in [7, 11) is 1.75. The summed E-state index contributed by atoms with van der Waals surface area (Å²) in [6, 6.07) is 6.82. The third-order valence-corrected chi connectivity index (χ3v) is 3.35. The van der Waals surface area contributed by atoms with Crippen molar-refractivity contribution >= 4 is 28.3 Å². The number of rotatable bonds is 5. The number of methoxy groups -OCH3 is 1. The van der Waals surface area contributed by atoms with Gasteiger partial charge in [0.1, 0.15) is 0 Å². The average Bonchev–Trinajstić information content (AvgIpc) is 2.20. The fourth-order valence-corrected chi connectivity index (χ4v) is 2.22. The lowest BCUT2D eigenvalue weighted by Gasteiger charge is -2.23. The first kappa shape index (κ1) is 13.8. The maximum atomic E-state index is 5.24. The molecule has 0 aromatic heterocycles. The zero-order chi connectivity index (χ0) is 12.1. The van der Waals surface area contributed by atoms with Gasteiger partial charge in [-0.15, -0.1) is 0 Å². The second-order valence-electron chi connectivity index (χ2n) is 4.41. The number of aryl methyl sites for hydroxylation is 1. The highest BCUT2D eigenvalue weighted by Crippen LogP contribution is 2.20. The van der Waals surface area contributed by atoms with Gasteiger partial charge in [0.25, 0.3) is 0 Å². The number of anilines is 1. The molecule has 0 amide bonds. The third-order valence-electron chi connectivity index (χ3n) is 2.68. The minimum absolute atomic E-state index is 0.365. The molecule has 1 atom stereocenters. The van der Waals surface area contributed by atoms with Crippen LogP contribution in [-0.2, 0) is 4.74 Å². The summed E-state index contributed by atoms with van der Waals surface area (Å²) in [5.41, 5.74) is 2.49. The molecular weight excluding hydrogens is 313 g/mol. The molecule has 0 spiro atoms. The lowest BCUT2D eigenvalue weighted by Crippen LogP contribution is -2.30. The van der Waals surface area contributed by atoms with Crippen LogP contribution in [0, 0.1) is 16.4 Å². The van der Waals surface area contributed by atoms with E-state index in [1.165, 1.54) is 14.8 Å². The fourth-order valence-electron chi connectivity index (χ4n) is 1.57. The van der Waals surface area contributed by atoms with E-state index in [0.717, 1.165) is 6.61 Å². The summed E-state index contributed by atoms with van der Waals surface area (Å²) in [5, 5.41) is 3.55. The molecule has 90 valence electrons. The Bertz CT molecular complexity index is 339. The standard InChI is InChI=1S/C13H20INO/c1-9(2)13(8-16-4)15-12-6-5-11(14)7-10(12)3/h5-7,9,13,15H,8H2,1-4H3. The summed E-state index contributed by atoms with van der Waals surface area (Å²) in [6.07, 6.45) is 0. The van der Waals surface area contributed by atoms with Gasteiger partial charge in [0.15, 0.2) is 0 Å². The van der Waals surface area contributed by atoms with Gasteiger partial charge in [0.05, 0.1) is 12.6 Å². The fraction of sp³-hybridized carbons (Fsp3) is 0.538. The van der Waals surface area contributed by atoms with Crippen LogP contribution in [0.15, 0.2) is 18.2 Å². The van der Waals surface area contributed by atoms with Gasteiger partial charge in [0, 0.05) is 16.4 Å². The van der Waals surface area contributed by atoms with Crippen molar-refractivity contribution in [3.8, 4) is 0 Å². The van der Waals surface area contributed by atoms with Crippen LogP contribution < -0.4 is 5.32 Å². The van der Waals surface area contributed by atoms with E-state index in [0.29, 0.717) is 12.0 Å². The summed E-state index contributed by atoms with van der Waals surface area (Å²) < 4.78 is 6.51. The van der Waals surface area contributed by atoms with Crippen LogP contribution in [0.1, 0.15) is 19.4 Å². The number of hydrogen-bond donors (Lipinski definition) is 1. The first-order valence-electron chi connectivity index (χ1n) is 5.56. The van der Waals surface area contributed by atoms with Gasteiger partial charge in [-0.25, -0.2) is 0 Å². The van der Waals surface area contributed by atoms with Gasteiger partial charge in [-0.05, 0) is 59.2 Å². The molecular formula is C13H20INO. The second kappa shape index (κ2) is 6.45. The molecule has 0 aliphatic carbocycles. The van der Waals surface area contributed by atoms with Gasteiger partial charge in [-0.3, -0.25) is 0 Å². The predicted molar refractivity (Wildman–Crippen MR) is 78.0 cm³/mol. The maximum Gasteiger partial charge on any atom is 0.0666 e. The Kier molecular flexibility index (Phi) is 5.55. The van der Waals surface area contributed by atoms with Crippen molar-refractivity contribution in [2.45, 2.75) is 26.8 Å². The highest BCUT2D eigenvalue weighted by Gasteiger charge is 2.13. The Morgan fingerprint density at radius 1 is 1.38 bits per heavy atom. The normalized spacial score (nSPS) is 12.9. The first-order chi connectivity index (χ1) is 7.54. The summed E-state index contributed by atoms with van der Waals surface area (Å²) >= 11 is 2.33. The van der Waals surface area contributed by atoms with Gasteiger partial charge >= 0.3 is 0 Å². The molecule has 1 N–H and O–H groups in total. The molecule has 2 nitrogen and oxygen atoms in total. The highest BCUT2D eigenvalue weighted by molar-refractivity contribution is 14.1. The number of ether oxygens (including phenoxy) is 1. The molecule has 0 aliphatic rings. The topological polar surface area (TPSA) is 21.3 Å². The molecule has 1 aromatic carbocycles. The third kappa shape index (κ3) is 3.94. The molecule has 0 saturated heterocycles. The second-order valence-corrected chi connectivity index (χ2v) is 5.66. The maximum absolute atomic E-state index is 5.24. The van der Waals surface area contributed by atoms with E-state index >= 15 is 0 Å². The van der Waals surface area contributed by atoms with E-state index < -0.39 is 0 Å². The van der Waals surface area contributed by atoms with Crippen molar-refractivity contribution < 1.29 is 4.74 Å². The Morgan fingerprint density at radius 2 is 2.06 bits per heavy atom. The van der Waals surface area contributed by atoms with Crippen molar-refractivity contribution in [3.05, 3.63) is 27.3 Å². The minimum Gasteiger partial charge on any atom is -0.383 e. The zero-order valence-corrected chi connectivity index (χ0v) is 12.5. The van der Waals surface area contributed by atoms with E-state index in [9.17, 15) is 0 Å². The highest BCUT2D eigenvalue weighted by atomic mass is 127. The van der Waals surface area contributed by atoms with Crippen molar-refractivity contribution in [1.29, 1.82) is 0 Å². The number of hydrogen-bond acceptors (Lipinski definition) is 2. The smallest absolute Gasteiger partial charge is 0.0666 e. The molecule has 0 radical (unpaired) electrons. The number of benzene rings is 1. The first-order valence-corrected chi connectivity index (χ1v) is 6.64. The van der Waals surface area contributed by atoms with Crippen LogP contribution in [0.3, 0.4) is 0 Å². The van der Waals surface area contributed by atoms with E-state index in [1.807, 2.05) is 0 Å². The molecule has 0 bridgehead atoms. The van der Waals surface area contributed by atoms with Gasteiger partial charge in [-0.1, -0.05) is 13.8 Å². The molecule has 16 heavy (non-hydrogen) atoms. The Labute approximate surface area is 112 Å². The molecule has 0 fully saturated rings. The Hall–Kier alpha value is -0.290. The SMILES string of the molecule is COCC(Nc1ccc(I)cc1C)C(C)C. The molecule has 0 heterocycles. The molecule has 0 saturated carbocycles. The number of halogens is 1. The Morgan fingerprint density at radius 3 is 2.56 bits per heavy atom. The van der Waals surface area contributed by atoms with Crippen molar-refractivity contribution in [1.82, 2.24) is 0 Å². The van der Waals surface area contributed by atoms with E-state index in [2.05, 4.69) is 66.9 Å². The van der Waals surface area contributed by atoms with Gasteiger partial charge in [-0.2, -0.15) is 0 Å². The zero-order valence-electron chi connectivity index (χ0n) is 10.4. The summed E-state index contributed by atoms with van der Waals surface area (Å²) in [5.74, 6) is 0.554. The lowest BCUT2D eigenvalue weighted by molar-refractivity contribution is 0.171. The van der Waals surface area contributed by atoms with Crippen molar-refractivity contribution in [3.63, 3.8) is 0 Å². The minimum atomic E-state index is 0.365. The Balaban J connectivity index is 2.77. The van der Waals surface area contributed by atoms with Crippen LogP contribution in [0.25, 0.3) is 0 Å². The average molecular weight is 333 g/mol. The lowest BCUT2D eigenvalue weighted by atomic mass is 10.0. The van der Waals surface area contributed by atoms with E-state index in [1.54, 1.807) is 7.11 Å². The number of nitrogens with one attached hydrogen (secondary N) is 1. The van der Waals surface area contributed by atoms with Crippen LogP contribution in [-0.4, -0.2) is 19.8 Å². The van der Waals surface area contributed by atoms with E-state index in [-0.39, 0.29) is 0 Å². The molecule has 1 aromatic rings. The van der Waals surface area contributed by atoms with E-state index in [4.69, 9.17) is 4.74 Å². The predicted octanol–water partition coefficient (Wildman–Crippen LogP) is 3.68. The van der Waals surface area contributed by atoms with Gasteiger partial charge < -0.3 is 10.1 Å². The van der Waals surface area contributed by atoms with Crippen molar-refractivity contribution in [2.24, 2.45) is 5.92 Å². The van der Waals surface area contributed by atoms with Crippen LogP contribution in [0.2, 0.25) is 0 Å². The molecule has 1 rings (SSSR count). The monoisotopic (exact) mass is 333 g/mol. The molecule has 0 aliphatic heterocycles. The van der Waals surface area contributed by atoms with Crippen LogP contribution >= 0.6 is 22.6 Å². The largest absolute Gasteiger partial charge is 0.383 e.